The molecule has 0 saturated carbocycles. The molecule has 16 heavy (non-hydrogen) atoms. The molecule has 0 radical (unpaired) electrons. The van der Waals surface area contributed by atoms with E-state index in [-0.39, 0.29) is 18.4 Å². The predicted octanol–water partition coefficient (Wildman–Crippen LogP) is 4.07. The van der Waals surface area contributed by atoms with Crippen LogP contribution in [0.3, 0.4) is 0 Å². The van der Waals surface area contributed by atoms with Crippen molar-refractivity contribution in [2.45, 2.75) is 26.3 Å². The quantitative estimate of drug-likeness (QED) is 0.659. The van der Waals surface area contributed by atoms with Gasteiger partial charge < -0.3 is 10.8 Å². The van der Waals surface area contributed by atoms with E-state index >= 15 is 0 Å². The minimum absolute atomic E-state index is 0. The first-order valence-electron chi connectivity index (χ1n) is 4.90. The van der Waals surface area contributed by atoms with Crippen molar-refractivity contribution >= 4 is 57.6 Å². The molecule has 0 amide bonds. The first-order valence-corrected chi connectivity index (χ1v) is 7.06. The third kappa shape index (κ3) is 3.89. The minimum Gasteiger partial charge on any atom is -0.506 e. The molecule has 3 N–H and O–H groups in total. The van der Waals surface area contributed by atoms with E-state index < -0.39 is 0 Å². The second kappa shape index (κ2) is 7.23. The molecule has 0 spiro atoms. The maximum absolute atomic E-state index is 9.95. The Kier molecular flexibility index (Phi) is 7.56. The number of hydrogen-bond donors (Lipinski definition) is 2. The predicted molar refractivity (Wildman–Crippen MR) is 87.2 cm³/mol. The van der Waals surface area contributed by atoms with Crippen molar-refractivity contribution in [1.82, 2.24) is 0 Å². The van der Waals surface area contributed by atoms with Gasteiger partial charge in [0.15, 0.2) is 0 Å². The summed E-state index contributed by atoms with van der Waals surface area (Å²) in [6.07, 6.45) is 1.02. The Hall–Kier alpha value is 0.730. The molecular weight excluding hydrogens is 451 g/mol. The highest BCUT2D eigenvalue weighted by Crippen LogP contribution is 2.34. The number of halogens is 3. The summed E-state index contributed by atoms with van der Waals surface area (Å²) in [5.41, 5.74) is 6.98. The van der Waals surface area contributed by atoms with Crippen molar-refractivity contribution in [3.05, 3.63) is 24.8 Å². The first-order chi connectivity index (χ1) is 6.97. The summed E-state index contributed by atoms with van der Waals surface area (Å²) >= 11 is 4.38. The molecule has 0 aliphatic rings. The first kappa shape index (κ1) is 16.7. The number of nitrogens with two attached hydrogens (primary N) is 1. The molecule has 1 unspecified atom stereocenters. The van der Waals surface area contributed by atoms with Crippen LogP contribution in [0.4, 0.5) is 0 Å². The van der Waals surface area contributed by atoms with Crippen LogP contribution in [0, 0.1) is 13.1 Å². The molecule has 0 aliphatic carbocycles. The van der Waals surface area contributed by atoms with Gasteiger partial charge in [0.1, 0.15) is 5.75 Å². The second-order valence-corrected chi connectivity index (χ2v) is 6.14. The molecular formula is C11H16ClI2NO. The zero-order chi connectivity index (χ0) is 11.6. The number of phenols is 1. The van der Waals surface area contributed by atoms with Gasteiger partial charge in [0.25, 0.3) is 0 Å². The Balaban J connectivity index is 0.00000225. The Labute approximate surface area is 130 Å². The lowest BCUT2D eigenvalue weighted by molar-refractivity contribution is 0.417. The average Bonchev–Trinajstić information content (AvgIpc) is 2.21. The van der Waals surface area contributed by atoms with Crippen LogP contribution in [0.25, 0.3) is 0 Å². The van der Waals surface area contributed by atoms with Gasteiger partial charge in [-0.25, -0.2) is 0 Å². The Morgan fingerprint density at radius 2 is 1.94 bits per heavy atom. The summed E-state index contributed by atoms with van der Waals surface area (Å²) in [6, 6.07) is 3.83. The number of rotatable bonds is 3. The third-order valence-electron chi connectivity index (χ3n) is 2.67. The molecule has 1 rings (SSSR count). The number of hydrogen-bond acceptors (Lipinski definition) is 2. The van der Waals surface area contributed by atoms with Gasteiger partial charge in [0.05, 0.1) is 3.57 Å². The number of aromatic hydroxyl groups is 1. The van der Waals surface area contributed by atoms with E-state index in [9.17, 15) is 5.11 Å². The summed E-state index contributed by atoms with van der Waals surface area (Å²) in [7, 11) is 0. The van der Waals surface area contributed by atoms with Gasteiger partial charge in [-0.15, -0.1) is 12.4 Å². The summed E-state index contributed by atoms with van der Waals surface area (Å²) < 4.78 is 1.98. The van der Waals surface area contributed by atoms with Crippen molar-refractivity contribution in [2.75, 3.05) is 0 Å². The third-order valence-corrected chi connectivity index (χ3v) is 4.12. The smallest absolute Gasteiger partial charge is 0.133 e. The molecule has 0 bridgehead atoms. The fraction of sp³-hybridized carbons (Fsp3) is 0.455. The van der Waals surface area contributed by atoms with Crippen LogP contribution in [-0.4, -0.2) is 5.11 Å². The van der Waals surface area contributed by atoms with Crippen LogP contribution < -0.4 is 5.73 Å². The second-order valence-electron chi connectivity index (χ2n) is 3.74. The average molecular weight is 468 g/mol. The fourth-order valence-electron chi connectivity index (χ4n) is 1.40. The normalized spacial score (nSPS) is 14.1. The monoisotopic (exact) mass is 467 g/mol. The lowest BCUT2D eigenvalue weighted by Gasteiger charge is -2.20. The summed E-state index contributed by atoms with van der Waals surface area (Å²) in [6.45, 7) is 4.22. The van der Waals surface area contributed by atoms with Crippen LogP contribution in [-0.2, 0) is 0 Å². The van der Waals surface area contributed by atoms with Crippen molar-refractivity contribution in [3.63, 3.8) is 0 Å². The fourth-order valence-corrected chi connectivity index (χ4v) is 3.29. The van der Waals surface area contributed by atoms with E-state index in [0.717, 1.165) is 19.1 Å². The topological polar surface area (TPSA) is 46.2 Å². The maximum atomic E-state index is 9.95. The largest absolute Gasteiger partial charge is 0.506 e. The molecule has 0 saturated heterocycles. The van der Waals surface area contributed by atoms with Crippen LogP contribution in [0.15, 0.2) is 12.1 Å². The highest BCUT2D eigenvalue weighted by atomic mass is 127. The van der Waals surface area contributed by atoms with Gasteiger partial charge in [-0.1, -0.05) is 20.3 Å². The maximum Gasteiger partial charge on any atom is 0.133 e. The lowest BCUT2D eigenvalue weighted by Crippen LogP contribution is -2.19. The van der Waals surface area contributed by atoms with E-state index in [4.69, 9.17) is 5.73 Å². The molecule has 2 atom stereocenters. The molecule has 0 aliphatic heterocycles. The van der Waals surface area contributed by atoms with Crippen LogP contribution in [0.1, 0.15) is 31.9 Å². The van der Waals surface area contributed by atoms with Crippen LogP contribution in [0.5, 0.6) is 5.75 Å². The zero-order valence-electron chi connectivity index (χ0n) is 9.21. The van der Waals surface area contributed by atoms with Crippen LogP contribution in [0.2, 0.25) is 0 Å². The van der Waals surface area contributed by atoms with Crippen molar-refractivity contribution in [3.8, 4) is 5.75 Å². The number of benzene rings is 1. The van der Waals surface area contributed by atoms with E-state index in [1.807, 2.05) is 12.1 Å². The zero-order valence-corrected chi connectivity index (χ0v) is 14.3. The molecule has 0 heterocycles. The van der Waals surface area contributed by atoms with Crippen LogP contribution >= 0.6 is 57.6 Å². The molecule has 0 aromatic heterocycles. The van der Waals surface area contributed by atoms with E-state index in [2.05, 4.69) is 59.0 Å². The molecule has 1 aromatic carbocycles. The van der Waals surface area contributed by atoms with Gasteiger partial charge in [-0.2, -0.15) is 0 Å². The standard InChI is InChI=1S/C11H15I2NO.ClH/c1-3-6(2)10(14)8-4-7(12)5-9(13)11(8)15;/h4-6,10,15H,3,14H2,1-2H3;1H/t6?,10-;/m1./s1. The van der Waals surface area contributed by atoms with Gasteiger partial charge in [-0.3, -0.25) is 0 Å². The van der Waals surface area contributed by atoms with Gasteiger partial charge in [-0.05, 0) is 63.2 Å². The molecule has 1 aromatic rings. The van der Waals surface area contributed by atoms with Gasteiger partial charge in [0.2, 0.25) is 0 Å². The molecule has 92 valence electrons. The van der Waals surface area contributed by atoms with E-state index in [1.165, 1.54) is 0 Å². The Morgan fingerprint density at radius 3 is 2.44 bits per heavy atom. The van der Waals surface area contributed by atoms with Gasteiger partial charge in [0, 0.05) is 15.2 Å². The SMILES string of the molecule is CCC(C)[C@@H](N)c1cc(I)cc(I)c1O.Cl. The molecule has 2 nitrogen and oxygen atoms in total. The van der Waals surface area contributed by atoms with E-state index in [1.54, 1.807) is 0 Å². The van der Waals surface area contributed by atoms with Crippen molar-refractivity contribution in [2.24, 2.45) is 11.7 Å². The lowest BCUT2D eigenvalue weighted by atomic mass is 9.93. The molecule has 5 heteroatoms. The van der Waals surface area contributed by atoms with Crippen molar-refractivity contribution in [1.29, 1.82) is 0 Å². The Bertz CT molecular complexity index is 360. The minimum atomic E-state index is -0.0850. The number of phenolic OH excluding ortho intramolecular Hbond substituents is 1. The molecule has 0 fully saturated rings. The van der Waals surface area contributed by atoms with Gasteiger partial charge >= 0.3 is 0 Å². The highest BCUT2D eigenvalue weighted by Gasteiger charge is 2.18. The summed E-state index contributed by atoms with van der Waals surface area (Å²) in [5, 5.41) is 9.95. The summed E-state index contributed by atoms with van der Waals surface area (Å²) in [5.74, 6) is 0.716. The highest BCUT2D eigenvalue weighted by molar-refractivity contribution is 14.1. The summed E-state index contributed by atoms with van der Waals surface area (Å²) in [4.78, 5) is 0. The van der Waals surface area contributed by atoms with E-state index in [0.29, 0.717) is 11.7 Å². The Morgan fingerprint density at radius 1 is 1.38 bits per heavy atom. The van der Waals surface area contributed by atoms with Crippen molar-refractivity contribution < 1.29 is 5.11 Å².